The molecule has 4 heteroatoms. The van der Waals surface area contributed by atoms with Crippen molar-refractivity contribution in [3.63, 3.8) is 0 Å². The lowest BCUT2D eigenvalue weighted by atomic mass is 9.81. The highest BCUT2D eigenvalue weighted by atomic mass is 32.1. The number of hydrogen-bond donors (Lipinski definition) is 2. The molecule has 0 radical (unpaired) electrons. The van der Waals surface area contributed by atoms with Crippen LogP contribution in [0.1, 0.15) is 51.9 Å². The molecule has 3 N–H and O–H groups in total. The minimum atomic E-state index is -0.490. The number of carbonyl (C=O) groups excluding carboxylic acids is 1. The van der Waals surface area contributed by atoms with E-state index in [1.54, 1.807) is 0 Å². The molecule has 2 saturated carbocycles. The highest BCUT2D eigenvalue weighted by Crippen LogP contribution is 2.46. The van der Waals surface area contributed by atoms with Crippen molar-refractivity contribution >= 4 is 23.1 Å². The zero-order valence-electron chi connectivity index (χ0n) is 11.2. The molecule has 0 aromatic heterocycles. The van der Waals surface area contributed by atoms with Crippen LogP contribution in [0.4, 0.5) is 0 Å². The zero-order chi connectivity index (χ0) is 13.2. The molecule has 102 valence electrons. The van der Waals surface area contributed by atoms with Crippen molar-refractivity contribution in [2.24, 2.45) is 23.0 Å². The number of thiocarbonyl (C=S) groups is 1. The molecule has 0 spiro atoms. The summed E-state index contributed by atoms with van der Waals surface area (Å²) in [5, 5.41) is 3.02. The molecular formula is C14H24N2OS. The van der Waals surface area contributed by atoms with Crippen molar-refractivity contribution in [3.8, 4) is 0 Å². The van der Waals surface area contributed by atoms with E-state index in [-0.39, 0.29) is 5.91 Å². The third-order valence-corrected chi connectivity index (χ3v) is 5.02. The summed E-state index contributed by atoms with van der Waals surface area (Å²) in [5.74, 6) is 1.74. The van der Waals surface area contributed by atoms with Gasteiger partial charge in [0.2, 0.25) is 5.91 Å². The first-order valence-electron chi connectivity index (χ1n) is 7.13. The van der Waals surface area contributed by atoms with Gasteiger partial charge in [0.05, 0.1) is 10.4 Å². The Balaban J connectivity index is 1.67. The van der Waals surface area contributed by atoms with Gasteiger partial charge in [-0.25, -0.2) is 0 Å². The highest BCUT2D eigenvalue weighted by molar-refractivity contribution is 7.80. The van der Waals surface area contributed by atoms with Crippen LogP contribution in [0, 0.1) is 17.3 Å². The molecule has 2 aliphatic rings. The number of hydrogen-bond acceptors (Lipinski definition) is 2. The predicted molar refractivity (Wildman–Crippen MR) is 77.2 cm³/mol. The molecule has 2 fully saturated rings. The minimum absolute atomic E-state index is 0.0548. The summed E-state index contributed by atoms with van der Waals surface area (Å²) in [7, 11) is 0. The maximum absolute atomic E-state index is 12.0. The SMILES string of the molecule is CC1CCC(CCNC(=O)C2(C(N)=S)CC2)CC1. The summed E-state index contributed by atoms with van der Waals surface area (Å²) in [6, 6.07) is 0. The van der Waals surface area contributed by atoms with E-state index in [0.29, 0.717) is 4.99 Å². The molecule has 3 nitrogen and oxygen atoms in total. The average molecular weight is 268 g/mol. The largest absolute Gasteiger partial charge is 0.392 e. The molecule has 2 aliphatic carbocycles. The molecule has 0 aromatic rings. The van der Waals surface area contributed by atoms with Crippen molar-refractivity contribution in [2.75, 3.05) is 6.54 Å². The lowest BCUT2D eigenvalue weighted by Gasteiger charge is -2.26. The average Bonchev–Trinajstić information content (AvgIpc) is 3.13. The zero-order valence-corrected chi connectivity index (χ0v) is 12.0. The normalized spacial score (nSPS) is 29.6. The first kappa shape index (κ1) is 13.8. The van der Waals surface area contributed by atoms with Crippen LogP contribution in [-0.2, 0) is 4.79 Å². The van der Waals surface area contributed by atoms with Crippen LogP contribution < -0.4 is 11.1 Å². The molecule has 0 aromatic carbocycles. The summed E-state index contributed by atoms with van der Waals surface area (Å²) in [6.07, 6.45) is 8.08. The number of amides is 1. The molecular weight excluding hydrogens is 244 g/mol. The van der Waals surface area contributed by atoms with Crippen LogP contribution >= 0.6 is 12.2 Å². The van der Waals surface area contributed by atoms with Gasteiger partial charge >= 0.3 is 0 Å². The van der Waals surface area contributed by atoms with Crippen molar-refractivity contribution < 1.29 is 4.79 Å². The molecule has 2 rings (SSSR count). The van der Waals surface area contributed by atoms with Crippen LogP contribution in [0.3, 0.4) is 0 Å². The van der Waals surface area contributed by atoms with Crippen LogP contribution in [0.2, 0.25) is 0 Å². The Morgan fingerprint density at radius 3 is 2.44 bits per heavy atom. The molecule has 0 heterocycles. The van der Waals surface area contributed by atoms with E-state index in [0.717, 1.165) is 37.6 Å². The van der Waals surface area contributed by atoms with E-state index >= 15 is 0 Å². The van der Waals surface area contributed by atoms with Crippen molar-refractivity contribution in [1.29, 1.82) is 0 Å². The maximum Gasteiger partial charge on any atom is 0.233 e. The Labute approximate surface area is 115 Å². The van der Waals surface area contributed by atoms with Crippen molar-refractivity contribution in [2.45, 2.75) is 51.9 Å². The number of nitrogens with one attached hydrogen (secondary N) is 1. The standard InChI is InChI=1S/C14H24N2OS/c1-10-2-4-11(5-3-10)6-9-16-13(17)14(7-8-14)12(15)18/h10-11H,2-9H2,1H3,(H2,15,18)(H,16,17). The molecule has 0 aliphatic heterocycles. The summed E-state index contributed by atoms with van der Waals surface area (Å²) in [6.45, 7) is 3.11. The minimum Gasteiger partial charge on any atom is -0.392 e. The lowest BCUT2D eigenvalue weighted by molar-refractivity contribution is -0.124. The summed E-state index contributed by atoms with van der Waals surface area (Å²) >= 11 is 4.98. The highest BCUT2D eigenvalue weighted by Gasteiger charge is 2.52. The predicted octanol–water partition coefficient (Wildman–Crippen LogP) is 2.39. The maximum atomic E-state index is 12.0. The molecule has 0 bridgehead atoms. The van der Waals surface area contributed by atoms with Gasteiger partial charge in [-0.05, 0) is 31.1 Å². The van der Waals surface area contributed by atoms with E-state index in [1.165, 1.54) is 25.7 Å². The van der Waals surface area contributed by atoms with Crippen LogP contribution in [0.15, 0.2) is 0 Å². The van der Waals surface area contributed by atoms with Crippen LogP contribution in [0.5, 0.6) is 0 Å². The fourth-order valence-corrected chi connectivity index (χ4v) is 3.18. The van der Waals surface area contributed by atoms with Gasteiger partial charge < -0.3 is 11.1 Å². The third kappa shape index (κ3) is 3.02. The topological polar surface area (TPSA) is 55.1 Å². The van der Waals surface area contributed by atoms with E-state index in [4.69, 9.17) is 18.0 Å². The smallest absolute Gasteiger partial charge is 0.233 e. The van der Waals surface area contributed by atoms with Gasteiger partial charge in [0.25, 0.3) is 0 Å². The molecule has 0 saturated heterocycles. The Bertz CT molecular complexity index is 331. The number of nitrogens with two attached hydrogens (primary N) is 1. The Hall–Kier alpha value is -0.640. The van der Waals surface area contributed by atoms with E-state index in [2.05, 4.69) is 12.2 Å². The third-order valence-electron chi connectivity index (χ3n) is 4.63. The lowest BCUT2D eigenvalue weighted by Crippen LogP contribution is -2.40. The molecule has 0 atom stereocenters. The van der Waals surface area contributed by atoms with Gasteiger partial charge in [-0.2, -0.15) is 0 Å². The van der Waals surface area contributed by atoms with Crippen LogP contribution in [0.25, 0.3) is 0 Å². The van der Waals surface area contributed by atoms with E-state index in [9.17, 15) is 4.79 Å². The molecule has 1 amide bonds. The van der Waals surface area contributed by atoms with Gasteiger partial charge in [-0.3, -0.25) is 4.79 Å². The Kier molecular flexibility index (Phi) is 4.25. The fraction of sp³-hybridized carbons (Fsp3) is 0.857. The fourth-order valence-electron chi connectivity index (χ4n) is 2.89. The first-order valence-corrected chi connectivity index (χ1v) is 7.53. The van der Waals surface area contributed by atoms with Gasteiger partial charge in [-0.1, -0.05) is 44.8 Å². The van der Waals surface area contributed by atoms with Crippen molar-refractivity contribution in [1.82, 2.24) is 5.32 Å². The van der Waals surface area contributed by atoms with Crippen LogP contribution in [-0.4, -0.2) is 17.4 Å². The second-order valence-electron chi connectivity index (χ2n) is 6.12. The second kappa shape index (κ2) is 5.55. The van der Waals surface area contributed by atoms with Gasteiger partial charge in [0.1, 0.15) is 0 Å². The summed E-state index contributed by atoms with van der Waals surface area (Å²) in [5.41, 5.74) is 5.14. The van der Waals surface area contributed by atoms with Gasteiger partial charge in [0.15, 0.2) is 0 Å². The summed E-state index contributed by atoms with van der Waals surface area (Å²) in [4.78, 5) is 12.4. The Morgan fingerprint density at radius 1 is 1.33 bits per heavy atom. The Morgan fingerprint density at radius 2 is 1.94 bits per heavy atom. The molecule has 0 unspecified atom stereocenters. The molecule has 18 heavy (non-hydrogen) atoms. The number of rotatable bonds is 5. The monoisotopic (exact) mass is 268 g/mol. The first-order chi connectivity index (χ1) is 8.54. The van der Waals surface area contributed by atoms with Gasteiger partial charge in [-0.15, -0.1) is 0 Å². The number of carbonyl (C=O) groups is 1. The quantitative estimate of drug-likeness (QED) is 0.753. The van der Waals surface area contributed by atoms with E-state index in [1.807, 2.05) is 0 Å². The van der Waals surface area contributed by atoms with E-state index < -0.39 is 5.41 Å². The summed E-state index contributed by atoms with van der Waals surface area (Å²) < 4.78 is 0. The van der Waals surface area contributed by atoms with Crippen molar-refractivity contribution in [3.05, 3.63) is 0 Å². The van der Waals surface area contributed by atoms with Gasteiger partial charge in [0, 0.05) is 6.54 Å². The second-order valence-corrected chi connectivity index (χ2v) is 6.56.